The Bertz CT molecular complexity index is 667. The number of ether oxygens (including phenoxy) is 1. The van der Waals surface area contributed by atoms with Gasteiger partial charge in [0.2, 0.25) is 0 Å². The molecule has 5 nitrogen and oxygen atoms in total. The SMILES string of the molecule is CC(NC(=O)c1ccc(COc2ccncc2)nc1)C1CCCCC1. The minimum absolute atomic E-state index is 0.0489. The van der Waals surface area contributed by atoms with E-state index in [4.69, 9.17) is 4.74 Å². The topological polar surface area (TPSA) is 64.1 Å². The lowest BCUT2D eigenvalue weighted by atomic mass is 9.84. The molecule has 0 saturated heterocycles. The highest BCUT2D eigenvalue weighted by atomic mass is 16.5. The molecule has 1 aliphatic carbocycles. The van der Waals surface area contributed by atoms with Gasteiger partial charge in [-0.3, -0.25) is 14.8 Å². The number of amides is 1. The summed E-state index contributed by atoms with van der Waals surface area (Å²) in [5.74, 6) is 1.30. The van der Waals surface area contributed by atoms with E-state index in [9.17, 15) is 4.79 Å². The second-order valence-electron chi connectivity index (χ2n) is 6.67. The number of carbonyl (C=O) groups excluding carboxylic acids is 1. The van der Waals surface area contributed by atoms with Crippen LogP contribution in [0.1, 0.15) is 55.1 Å². The molecule has 1 amide bonds. The van der Waals surface area contributed by atoms with Crippen LogP contribution in [0.4, 0.5) is 0 Å². The third-order valence-electron chi connectivity index (χ3n) is 4.84. The van der Waals surface area contributed by atoms with Crippen LogP contribution in [0.5, 0.6) is 5.75 Å². The first kappa shape index (κ1) is 17.4. The minimum atomic E-state index is -0.0489. The second kappa shape index (κ2) is 8.60. The summed E-state index contributed by atoms with van der Waals surface area (Å²) < 4.78 is 5.63. The van der Waals surface area contributed by atoms with Gasteiger partial charge in [0.1, 0.15) is 12.4 Å². The number of carbonyl (C=O) groups is 1. The van der Waals surface area contributed by atoms with Crippen molar-refractivity contribution in [3.05, 3.63) is 54.1 Å². The lowest BCUT2D eigenvalue weighted by Crippen LogP contribution is -2.38. The first-order valence-electron chi connectivity index (χ1n) is 9.01. The summed E-state index contributed by atoms with van der Waals surface area (Å²) in [4.78, 5) is 20.7. The van der Waals surface area contributed by atoms with E-state index in [1.54, 1.807) is 36.8 Å². The van der Waals surface area contributed by atoms with Crippen molar-refractivity contribution in [2.24, 2.45) is 5.92 Å². The molecular formula is C20H25N3O2. The third kappa shape index (κ3) is 5.02. The lowest BCUT2D eigenvalue weighted by molar-refractivity contribution is 0.0919. The molecule has 0 radical (unpaired) electrons. The van der Waals surface area contributed by atoms with Crippen molar-refractivity contribution in [1.29, 1.82) is 0 Å². The Labute approximate surface area is 148 Å². The van der Waals surface area contributed by atoms with Crippen molar-refractivity contribution in [1.82, 2.24) is 15.3 Å². The molecular weight excluding hydrogens is 314 g/mol. The van der Waals surface area contributed by atoms with Crippen LogP contribution in [-0.4, -0.2) is 21.9 Å². The number of pyridine rings is 2. The van der Waals surface area contributed by atoms with Crippen LogP contribution in [0.2, 0.25) is 0 Å². The Morgan fingerprint density at radius 3 is 2.64 bits per heavy atom. The van der Waals surface area contributed by atoms with Crippen LogP contribution < -0.4 is 10.1 Å². The van der Waals surface area contributed by atoms with E-state index < -0.39 is 0 Å². The monoisotopic (exact) mass is 339 g/mol. The maximum Gasteiger partial charge on any atom is 0.253 e. The van der Waals surface area contributed by atoms with Crippen molar-refractivity contribution in [2.75, 3.05) is 0 Å². The van der Waals surface area contributed by atoms with E-state index in [1.807, 2.05) is 6.07 Å². The summed E-state index contributed by atoms with van der Waals surface area (Å²) in [5.41, 5.74) is 1.38. The Morgan fingerprint density at radius 1 is 1.20 bits per heavy atom. The number of hydrogen-bond acceptors (Lipinski definition) is 4. The normalized spacial score (nSPS) is 16.2. The van der Waals surface area contributed by atoms with Crippen LogP contribution in [0.3, 0.4) is 0 Å². The molecule has 1 aliphatic rings. The molecule has 132 valence electrons. The number of nitrogens with zero attached hydrogens (tertiary/aromatic N) is 2. The van der Waals surface area contributed by atoms with Crippen LogP contribution >= 0.6 is 0 Å². The standard InChI is InChI=1S/C20H25N3O2/c1-15(16-5-3-2-4-6-16)23-20(24)17-7-8-18(22-13-17)14-25-19-9-11-21-12-10-19/h7-13,15-16H,2-6,14H2,1H3,(H,23,24). The molecule has 0 bridgehead atoms. The first-order valence-corrected chi connectivity index (χ1v) is 9.01. The quantitative estimate of drug-likeness (QED) is 0.870. The summed E-state index contributed by atoms with van der Waals surface area (Å²) in [6, 6.07) is 7.45. The van der Waals surface area contributed by atoms with E-state index in [2.05, 4.69) is 22.2 Å². The maximum absolute atomic E-state index is 12.4. The predicted molar refractivity (Wildman–Crippen MR) is 96.3 cm³/mol. The van der Waals surface area contributed by atoms with E-state index in [1.165, 1.54) is 32.1 Å². The maximum atomic E-state index is 12.4. The number of rotatable bonds is 6. The van der Waals surface area contributed by atoms with Crippen molar-refractivity contribution in [3.8, 4) is 5.75 Å². The van der Waals surface area contributed by atoms with Gasteiger partial charge in [0.15, 0.2) is 0 Å². The summed E-state index contributed by atoms with van der Waals surface area (Å²) in [7, 11) is 0. The molecule has 2 aromatic rings. The van der Waals surface area contributed by atoms with Crippen molar-refractivity contribution in [2.45, 2.75) is 51.7 Å². The van der Waals surface area contributed by atoms with Crippen molar-refractivity contribution >= 4 is 5.91 Å². The van der Waals surface area contributed by atoms with Gasteiger partial charge in [-0.1, -0.05) is 19.3 Å². The molecule has 1 saturated carbocycles. The number of nitrogens with one attached hydrogen (secondary N) is 1. The fourth-order valence-electron chi connectivity index (χ4n) is 3.28. The van der Waals surface area contributed by atoms with Crippen LogP contribution in [0.15, 0.2) is 42.9 Å². The molecule has 0 aromatic carbocycles. The Morgan fingerprint density at radius 2 is 1.96 bits per heavy atom. The molecule has 1 fully saturated rings. The van der Waals surface area contributed by atoms with E-state index in [-0.39, 0.29) is 11.9 Å². The molecule has 25 heavy (non-hydrogen) atoms. The molecule has 3 rings (SSSR count). The summed E-state index contributed by atoms with van der Waals surface area (Å²) in [6.07, 6.45) is 11.3. The molecule has 0 aliphatic heterocycles. The van der Waals surface area contributed by atoms with Crippen LogP contribution in [0, 0.1) is 5.92 Å². The Kier molecular flexibility index (Phi) is 5.99. The summed E-state index contributed by atoms with van der Waals surface area (Å²) in [6.45, 7) is 2.47. The first-order chi connectivity index (χ1) is 12.2. The smallest absolute Gasteiger partial charge is 0.253 e. The van der Waals surface area contributed by atoms with E-state index in [0.717, 1.165) is 11.4 Å². The highest BCUT2D eigenvalue weighted by Gasteiger charge is 2.21. The molecule has 1 unspecified atom stereocenters. The van der Waals surface area contributed by atoms with Gasteiger partial charge in [-0.25, -0.2) is 0 Å². The predicted octanol–water partition coefficient (Wildman–Crippen LogP) is 3.75. The molecule has 5 heteroatoms. The largest absolute Gasteiger partial charge is 0.487 e. The van der Waals surface area contributed by atoms with Crippen LogP contribution in [0.25, 0.3) is 0 Å². The van der Waals surface area contributed by atoms with Gasteiger partial charge in [-0.2, -0.15) is 0 Å². The summed E-state index contributed by atoms with van der Waals surface area (Å²) in [5, 5.41) is 3.13. The number of aromatic nitrogens is 2. The lowest BCUT2D eigenvalue weighted by Gasteiger charge is -2.28. The van der Waals surface area contributed by atoms with Gasteiger partial charge in [-0.15, -0.1) is 0 Å². The van der Waals surface area contributed by atoms with Crippen LogP contribution in [-0.2, 0) is 6.61 Å². The Hall–Kier alpha value is -2.43. The molecule has 0 spiro atoms. The fraction of sp³-hybridized carbons (Fsp3) is 0.450. The zero-order chi connectivity index (χ0) is 17.5. The minimum Gasteiger partial charge on any atom is -0.487 e. The Balaban J connectivity index is 1.51. The third-order valence-corrected chi connectivity index (χ3v) is 4.84. The molecule has 2 heterocycles. The fourth-order valence-corrected chi connectivity index (χ4v) is 3.28. The average molecular weight is 339 g/mol. The highest BCUT2D eigenvalue weighted by Crippen LogP contribution is 2.26. The van der Waals surface area contributed by atoms with Gasteiger partial charge < -0.3 is 10.1 Å². The van der Waals surface area contributed by atoms with E-state index >= 15 is 0 Å². The molecule has 1 atom stereocenters. The molecule has 2 aromatic heterocycles. The van der Waals surface area contributed by atoms with Gasteiger partial charge in [0.05, 0.1) is 11.3 Å². The second-order valence-corrected chi connectivity index (χ2v) is 6.67. The highest BCUT2D eigenvalue weighted by molar-refractivity contribution is 5.94. The molecule has 1 N–H and O–H groups in total. The van der Waals surface area contributed by atoms with Crippen molar-refractivity contribution in [3.63, 3.8) is 0 Å². The van der Waals surface area contributed by atoms with Gasteiger partial charge in [0, 0.05) is 24.6 Å². The summed E-state index contributed by atoms with van der Waals surface area (Å²) >= 11 is 0. The average Bonchev–Trinajstić information content (AvgIpc) is 2.68. The zero-order valence-corrected chi connectivity index (χ0v) is 14.6. The van der Waals surface area contributed by atoms with Gasteiger partial charge >= 0.3 is 0 Å². The van der Waals surface area contributed by atoms with Gasteiger partial charge in [-0.05, 0) is 49.9 Å². The zero-order valence-electron chi connectivity index (χ0n) is 14.6. The number of hydrogen-bond donors (Lipinski definition) is 1. The van der Waals surface area contributed by atoms with E-state index in [0.29, 0.717) is 18.1 Å². The van der Waals surface area contributed by atoms with Crippen molar-refractivity contribution < 1.29 is 9.53 Å². The van der Waals surface area contributed by atoms with Gasteiger partial charge in [0.25, 0.3) is 5.91 Å².